The van der Waals surface area contributed by atoms with Gasteiger partial charge < -0.3 is 9.30 Å². The molecule has 0 spiro atoms. The monoisotopic (exact) mass is 392 g/mol. The fourth-order valence-electron chi connectivity index (χ4n) is 4.41. The summed E-state index contributed by atoms with van der Waals surface area (Å²) in [5.41, 5.74) is 5.48. The maximum Gasteiger partial charge on any atom is 0.127 e. The Morgan fingerprint density at radius 2 is 1.32 bits per heavy atom. The minimum absolute atomic E-state index is 0.648. The van der Waals surface area contributed by atoms with Gasteiger partial charge >= 0.3 is 0 Å². The van der Waals surface area contributed by atoms with Gasteiger partial charge in [-0.2, -0.15) is 0 Å². The molecule has 0 heterocycles. The summed E-state index contributed by atoms with van der Waals surface area (Å²) in [6.45, 7) is 10.3. The zero-order valence-corrected chi connectivity index (χ0v) is 18.5. The summed E-state index contributed by atoms with van der Waals surface area (Å²) in [4.78, 5) is 0. The third-order valence-electron chi connectivity index (χ3n) is 5.90. The molecule has 2 nitrogen and oxygen atoms in total. The molecule has 3 aromatic rings. The smallest absolute Gasteiger partial charge is 0.127 e. The first-order valence-corrected chi connectivity index (χ1v) is 11.7. The molecular formula is C25H29O2P. The number of benzene rings is 3. The Morgan fingerprint density at radius 1 is 0.821 bits per heavy atom. The molecule has 0 radical (unpaired) electrons. The third-order valence-corrected chi connectivity index (χ3v) is 9.69. The van der Waals surface area contributed by atoms with E-state index < -0.39 is 12.3 Å². The molecule has 0 bridgehead atoms. The maximum atomic E-state index is 14.7. The van der Waals surface area contributed by atoms with Gasteiger partial charge in [-0.15, -0.1) is 0 Å². The van der Waals surface area contributed by atoms with Crippen LogP contribution >= 0.6 is 7.14 Å². The van der Waals surface area contributed by atoms with Crippen LogP contribution in [0.1, 0.15) is 34.7 Å². The SMILES string of the molecule is COc1ccc(C(C)(c2ccccc2)P(C)(=O)c2c(C)cc(C)cc2C)cc1. The van der Waals surface area contributed by atoms with Gasteiger partial charge in [0.05, 0.1) is 12.3 Å². The summed E-state index contributed by atoms with van der Waals surface area (Å²) in [5.74, 6) is 0.799. The fraction of sp³-hybridized carbons (Fsp3) is 0.280. The lowest BCUT2D eigenvalue weighted by Crippen LogP contribution is -2.31. The van der Waals surface area contributed by atoms with E-state index in [1.165, 1.54) is 5.56 Å². The lowest BCUT2D eigenvalue weighted by Gasteiger charge is -2.39. The third kappa shape index (κ3) is 3.31. The second-order valence-electron chi connectivity index (χ2n) is 7.84. The molecule has 0 saturated heterocycles. The number of methoxy groups -OCH3 is 1. The fourth-order valence-corrected chi connectivity index (χ4v) is 7.61. The lowest BCUT2D eigenvalue weighted by molar-refractivity contribution is 0.414. The van der Waals surface area contributed by atoms with Gasteiger partial charge in [0, 0.05) is 5.30 Å². The number of aryl methyl sites for hydroxylation is 3. The minimum Gasteiger partial charge on any atom is -0.497 e. The van der Waals surface area contributed by atoms with Crippen molar-refractivity contribution in [1.29, 1.82) is 0 Å². The normalized spacial score (nSPS) is 15.5. The van der Waals surface area contributed by atoms with Crippen LogP contribution in [0.3, 0.4) is 0 Å². The van der Waals surface area contributed by atoms with Crippen LogP contribution in [0.25, 0.3) is 0 Å². The van der Waals surface area contributed by atoms with Gasteiger partial charge in [0.15, 0.2) is 0 Å². The van der Waals surface area contributed by atoms with E-state index in [2.05, 4.69) is 52.0 Å². The molecular weight excluding hydrogens is 363 g/mol. The van der Waals surface area contributed by atoms with Crippen molar-refractivity contribution in [3.05, 3.63) is 94.5 Å². The predicted octanol–water partition coefficient (Wildman–Crippen LogP) is 6.20. The Kier molecular flexibility index (Phi) is 5.55. The highest BCUT2D eigenvalue weighted by atomic mass is 31.2. The Bertz CT molecular complexity index is 999. The Balaban J connectivity index is 2.32. The summed E-state index contributed by atoms with van der Waals surface area (Å²) in [6.07, 6.45) is 0. The second kappa shape index (κ2) is 7.60. The van der Waals surface area contributed by atoms with Crippen molar-refractivity contribution >= 4 is 12.4 Å². The van der Waals surface area contributed by atoms with E-state index in [0.717, 1.165) is 33.3 Å². The number of ether oxygens (including phenoxy) is 1. The van der Waals surface area contributed by atoms with E-state index in [4.69, 9.17) is 4.74 Å². The molecule has 0 aliphatic heterocycles. The number of hydrogen-bond acceptors (Lipinski definition) is 2. The van der Waals surface area contributed by atoms with Crippen LogP contribution < -0.4 is 10.0 Å². The largest absolute Gasteiger partial charge is 0.497 e. The molecule has 0 aliphatic rings. The molecule has 0 saturated carbocycles. The van der Waals surface area contributed by atoms with E-state index in [-0.39, 0.29) is 0 Å². The van der Waals surface area contributed by atoms with Crippen molar-refractivity contribution in [2.24, 2.45) is 0 Å². The average Bonchev–Trinajstić information content (AvgIpc) is 2.67. The van der Waals surface area contributed by atoms with Gasteiger partial charge in [0.2, 0.25) is 0 Å². The molecule has 3 heteroatoms. The Hall–Kier alpha value is -2.31. The van der Waals surface area contributed by atoms with Crippen LogP contribution in [0.15, 0.2) is 66.7 Å². The molecule has 0 N–H and O–H groups in total. The number of hydrogen-bond donors (Lipinski definition) is 0. The van der Waals surface area contributed by atoms with E-state index in [0.29, 0.717) is 0 Å². The molecule has 0 amide bonds. The van der Waals surface area contributed by atoms with Crippen LogP contribution in [0.2, 0.25) is 0 Å². The van der Waals surface area contributed by atoms with Crippen molar-refractivity contribution in [1.82, 2.24) is 0 Å². The molecule has 0 fully saturated rings. The summed E-state index contributed by atoms with van der Waals surface area (Å²) in [5, 5.41) is 0.339. The van der Waals surface area contributed by atoms with Crippen LogP contribution in [0.5, 0.6) is 5.75 Å². The van der Waals surface area contributed by atoms with Crippen LogP contribution in [-0.4, -0.2) is 13.8 Å². The minimum atomic E-state index is -2.87. The first-order valence-electron chi connectivity index (χ1n) is 9.58. The Morgan fingerprint density at radius 3 is 1.82 bits per heavy atom. The van der Waals surface area contributed by atoms with Crippen LogP contribution in [0, 0.1) is 20.8 Å². The first kappa shape index (κ1) is 20.4. The molecule has 3 aromatic carbocycles. The standard InChI is InChI=1S/C25H29O2P/c1-18-16-19(2)24(20(3)17-18)28(6,26)25(4,21-10-8-7-9-11-21)22-12-14-23(27-5)15-13-22/h7-17H,1-6H3. The molecule has 3 rings (SSSR count). The highest BCUT2D eigenvalue weighted by Gasteiger charge is 2.46. The number of rotatable bonds is 5. The van der Waals surface area contributed by atoms with E-state index in [1.54, 1.807) is 7.11 Å². The molecule has 28 heavy (non-hydrogen) atoms. The highest BCUT2D eigenvalue weighted by molar-refractivity contribution is 7.72. The average molecular weight is 392 g/mol. The predicted molar refractivity (Wildman–Crippen MR) is 120 cm³/mol. The van der Waals surface area contributed by atoms with E-state index >= 15 is 0 Å². The van der Waals surface area contributed by atoms with Gasteiger partial charge in [-0.05, 0) is 68.7 Å². The molecule has 0 aromatic heterocycles. The van der Waals surface area contributed by atoms with Crippen molar-refractivity contribution in [2.75, 3.05) is 13.8 Å². The summed E-state index contributed by atoms with van der Waals surface area (Å²) >= 11 is 0. The summed E-state index contributed by atoms with van der Waals surface area (Å²) in [7, 11) is -1.21. The van der Waals surface area contributed by atoms with Gasteiger partial charge in [-0.1, -0.05) is 60.2 Å². The van der Waals surface area contributed by atoms with Crippen LogP contribution in [-0.2, 0) is 9.72 Å². The zero-order chi connectivity index (χ0) is 20.5. The van der Waals surface area contributed by atoms with Crippen LogP contribution in [0.4, 0.5) is 0 Å². The Labute approximate surface area is 169 Å². The summed E-state index contributed by atoms with van der Waals surface area (Å²) < 4.78 is 20.1. The quantitative estimate of drug-likeness (QED) is 0.483. The lowest BCUT2D eigenvalue weighted by atomic mass is 9.92. The molecule has 146 valence electrons. The topological polar surface area (TPSA) is 26.3 Å². The molecule has 2 atom stereocenters. The van der Waals surface area contributed by atoms with Gasteiger partial charge in [0.1, 0.15) is 12.9 Å². The van der Waals surface area contributed by atoms with Crippen molar-refractivity contribution in [3.8, 4) is 5.75 Å². The molecule has 2 unspecified atom stereocenters. The van der Waals surface area contributed by atoms with Crippen molar-refractivity contribution < 1.29 is 9.30 Å². The molecule has 0 aliphatic carbocycles. The van der Waals surface area contributed by atoms with Gasteiger partial charge in [-0.3, -0.25) is 0 Å². The summed E-state index contributed by atoms with van der Waals surface area (Å²) in [6, 6.07) is 22.5. The van der Waals surface area contributed by atoms with E-state index in [1.807, 2.05) is 49.1 Å². The second-order valence-corrected chi connectivity index (χ2v) is 11.0. The zero-order valence-electron chi connectivity index (χ0n) is 17.6. The maximum absolute atomic E-state index is 14.7. The van der Waals surface area contributed by atoms with Crippen molar-refractivity contribution in [3.63, 3.8) is 0 Å². The van der Waals surface area contributed by atoms with E-state index in [9.17, 15) is 4.57 Å². The van der Waals surface area contributed by atoms with Gasteiger partial charge in [0.25, 0.3) is 0 Å². The highest BCUT2D eigenvalue weighted by Crippen LogP contribution is 2.63. The first-order chi connectivity index (χ1) is 13.2. The van der Waals surface area contributed by atoms with Gasteiger partial charge in [-0.25, -0.2) is 0 Å². The van der Waals surface area contributed by atoms with Crippen molar-refractivity contribution in [2.45, 2.75) is 32.9 Å².